The van der Waals surface area contributed by atoms with Crippen molar-refractivity contribution in [3.05, 3.63) is 42.7 Å². The van der Waals surface area contributed by atoms with E-state index in [9.17, 15) is 8.42 Å². The van der Waals surface area contributed by atoms with Crippen LogP contribution >= 0.6 is 0 Å². The van der Waals surface area contributed by atoms with Crippen molar-refractivity contribution in [1.82, 2.24) is 10.2 Å². The molecule has 7 nitrogen and oxygen atoms in total. The van der Waals surface area contributed by atoms with Crippen LogP contribution in [0.2, 0.25) is 0 Å². The van der Waals surface area contributed by atoms with Gasteiger partial charge < -0.3 is 5.73 Å². The Bertz CT molecular complexity index is 667. The molecule has 2 rings (SSSR count). The number of nitrogens with two attached hydrogens (primary N) is 1. The van der Waals surface area contributed by atoms with Gasteiger partial charge in [0, 0.05) is 19.2 Å². The number of nitrogens with one attached hydrogen (secondary N) is 2. The van der Waals surface area contributed by atoms with Crippen molar-refractivity contribution >= 4 is 21.5 Å². The van der Waals surface area contributed by atoms with Crippen LogP contribution in [0.25, 0.3) is 0 Å². The Hall–Kier alpha value is -2.35. The summed E-state index contributed by atoms with van der Waals surface area (Å²) >= 11 is 0. The van der Waals surface area contributed by atoms with Gasteiger partial charge in [0.15, 0.2) is 0 Å². The SMILES string of the molecule is N=C(N)CCN(c1ccccc1)S(=O)(=O)c1cn[nH]c1. The number of anilines is 1. The highest BCUT2D eigenvalue weighted by Crippen LogP contribution is 2.22. The minimum atomic E-state index is -3.72. The molecule has 0 aliphatic rings. The first kappa shape index (κ1) is 14.1. The van der Waals surface area contributed by atoms with Crippen LogP contribution < -0.4 is 10.0 Å². The van der Waals surface area contributed by atoms with Crippen molar-refractivity contribution in [2.75, 3.05) is 10.8 Å². The van der Waals surface area contributed by atoms with Gasteiger partial charge in [0.2, 0.25) is 0 Å². The molecule has 0 unspecified atom stereocenters. The van der Waals surface area contributed by atoms with Gasteiger partial charge in [-0.1, -0.05) is 18.2 Å². The highest BCUT2D eigenvalue weighted by atomic mass is 32.2. The third-order valence-corrected chi connectivity index (χ3v) is 4.48. The van der Waals surface area contributed by atoms with Crippen molar-refractivity contribution in [3.63, 3.8) is 0 Å². The summed E-state index contributed by atoms with van der Waals surface area (Å²) in [6, 6.07) is 8.69. The van der Waals surface area contributed by atoms with Gasteiger partial charge in [-0.15, -0.1) is 0 Å². The number of aromatic amines is 1. The maximum Gasteiger partial charge on any atom is 0.267 e. The second-order valence-corrected chi connectivity index (χ2v) is 5.98. The Morgan fingerprint density at radius 2 is 2.05 bits per heavy atom. The van der Waals surface area contributed by atoms with Crippen LogP contribution in [0.4, 0.5) is 5.69 Å². The molecule has 0 bridgehead atoms. The summed E-state index contributed by atoms with van der Waals surface area (Å²) in [5, 5.41) is 13.4. The number of aromatic nitrogens is 2. The van der Waals surface area contributed by atoms with E-state index in [2.05, 4.69) is 10.2 Å². The summed E-state index contributed by atoms with van der Waals surface area (Å²) < 4.78 is 26.3. The number of amidine groups is 1. The number of nitrogens with zero attached hydrogens (tertiary/aromatic N) is 2. The Morgan fingerprint density at radius 3 is 2.60 bits per heavy atom. The average Bonchev–Trinajstić information content (AvgIpc) is 2.94. The van der Waals surface area contributed by atoms with E-state index >= 15 is 0 Å². The average molecular weight is 293 g/mol. The molecule has 2 aromatic rings. The number of rotatable bonds is 6. The first-order chi connectivity index (χ1) is 9.51. The number of para-hydroxylation sites is 1. The molecule has 1 aromatic heterocycles. The normalized spacial score (nSPS) is 11.2. The third kappa shape index (κ3) is 2.97. The molecule has 4 N–H and O–H groups in total. The molecule has 0 fully saturated rings. The van der Waals surface area contributed by atoms with Gasteiger partial charge in [-0.3, -0.25) is 14.8 Å². The highest BCUT2D eigenvalue weighted by molar-refractivity contribution is 7.92. The van der Waals surface area contributed by atoms with Gasteiger partial charge >= 0.3 is 0 Å². The van der Waals surface area contributed by atoms with E-state index in [4.69, 9.17) is 11.1 Å². The van der Waals surface area contributed by atoms with Crippen LogP contribution in [0.15, 0.2) is 47.6 Å². The summed E-state index contributed by atoms with van der Waals surface area (Å²) in [4.78, 5) is 0.0740. The summed E-state index contributed by atoms with van der Waals surface area (Å²) in [5.41, 5.74) is 5.85. The quantitative estimate of drug-likeness (QED) is 0.542. The molecule has 8 heteroatoms. The van der Waals surface area contributed by atoms with Crippen molar-refractivity contribution < 1.29 is 8.42 Å². The van der Waals surface area contributed by atoms with Crippen molar-refractivity contribution in [3.8, 4) is 0 Å². The molecule has 106 valence electrons. The number of benzene rings is 1. The fourth-order valence-corrected chi connectivity index (χ4v) is 3.08. The molecule has 0 saturated carbocycles. The van der Waals surface area contributed by atoms with Crippen LogP contribution in [0.1, 0.15) is 6.42 Å². The van der Waals surface area contributed by atoms with Crippen LogP contribution in [-0.4, -0.2) is 31.0 Å². The lowest BCUT2D eigenvalue weighted by atomic mass is 10.3. The zero-order valence-corrected chi connectivity index (χ0v) is 11.5. The second kappa shape index (κ2) is 5.74. The minimum Gasteiger partial charge on any atom is -0.388 e. The van der Waals surface area contributed by atoms with Crippen LogP contribution in [-0.2, 0) is 10.0 Å². The maximum absolute atomic E-state index is 12.6. The minimum absolute atomic E-state index is 0.0617. The van der Waals surface area contributed by atoms with E-state index in [1.807, 2.05) is 0 Å². The molecular weight excluding hydrogens is 278 g/mol. The van der Waals surface area contributed by atoms with E-state index in [0.29, 0.717) is 5.69 Å². The fourth-order valence-electron chi connectivity index (χ4n) is 1.71. The van der Waals surface area contributed by atoms with Gasteiger partial charge in [0.1, 0.15) is 4.90 Å². The van der Waals surface area contributed by atoms with Gasteiger partial charge in [-0.05, 0) is 12.1 Å². The summed E-state index contributed by atoms with van der Waals surface area (Å²) in [6.45, 7) is 0.104. The molecule has 0 aliphatic heterocycles. The topological polar surface area (TPSA) is 116 Å². The van der Waals surface area contributed by atoms with Gasteiger partial charge in [-0.25, -0.2) is 8.42 Å². The van der Waals surface area contributed by atoms with Crippen molar-refractivity contribution in [2.45, 2.75) is 11.3 Å². The summed E-state index contributed by atoms with van der Waals surface area (Å²) in [5.74, 6) is -0.0617. The van der Waals surface area contributed by atoms with E-state index in [1.54, 1.807) is 30.3 Å². The van der Waals surface area contributed by atoms with E-state index in [-0.39, 0.29) is 23.7 Å². The Morgan fingerprint density at radius 1 is 1.35 bits per heavy atom. The van der Waals surface area contributed by atoms with Gasteiger partial charge in [0.25, 0.3) is 10.0 Å². The lowest BCUT2D eigenvalue weighted by Gasteiger charge is -2.23. The number of hydrogen-bond donors (Lipinski definition) is 3. The fraction of sp³-hybridized carbons (Fsp3) is 0.167. The summed E-state index contributed by atoms with van der Waals surface area (Å²) in [6.07, 6.45) is 2.73. The zero-order chi connectivity index (χ0) is 14.6. The van der Waals surface area contributed by atoms with Crippen molar-refractivity contribution in [2.24, 2.45) is 5.73 Å². The second-order valence-electron chi connectivity index (χ2n) is 4.12. The molecule has 0 saturated heterocycles. The van der Waals surface area contributed by atoms with E-state index in [1.165, 1.54) is 16.7 Å². The van der Waals surface area contributed by atoms with Gasteiger partial charge in [-0.2, -0.15) is 5.10 Å². The number of sulfonamides is 1. The smallest absolute Gasteiger partial charge is 0.267 e. The van der Waals surface area contributed by atoms with Gasteiger partial charge in [0.05, 0.1) is 17.7 Å². The first-order valence-corrected chi connectivity index (χ1v) is 7.35. The summed E-state index contributed by atoms with van der Waals surface area (Å²) in [7, 11) is -3.72. The zero-order valence-electron chi connectivity index (χ0n) is 10.7. The first-order valence-electron chi connectivity index (χ1n) is 5.91. The predicted octanol–water partition coefficient (Wildman–Crippen LogP) is 0.931. The van der Waals surface area contributed by atoms with Crippen LogP contribution in [0.3, 0.4) is 0 Å². The molecule has 1 aromatic carbocycles. The van der Waals surface area contributed by atoms with Crippen LogP contribution in [0, 0.1) is 5.41 Å². The van der Waals surface area contributed by atoms with E-state index in [0.717, 1.165) is 0 Å². The molecular formula is C12H15N5O2S. The van der Waals surface area contributed by atoms with Crippen molar-refractivity contribution in [1.29, 1.82) is 5.41 Å². The molecule has 0 atom stereocenters. The predicted molar refractivity (Wildman–Crippen MR) is 76.1 cm³/mol. The number of hydrogen-bond acceptors (Lipinski definition) is 4. The third-order valence-electron chi connectivity index (χ3n) is 2.69. The van der Waals surface area contributed by atoms with Crippen LogP contribution in [0.5, 0.6) is 0 Å². The number of H-pyrrole nitrogens is 1. The molecule has 0 amide bonds. The lowest BCUT2D eigenvalue weighted by Crippen LogP contribution is -2.33. The highest BCUT2D eigenvalue weighted by Gasteiger charge is 2.25. The Balaban J connectivity index is 2.39. The molecule has 0 aliphatic carbocycles. The molecule has 20 heavy (non-hydrogen) atoms. The molecule has 0 radical (unpaired) electrons. The molecule has 0 spiro atoms. The lowest BCUT2D eigenvalue weighted by molar-refractivity contribution is 0.591. The Labute approximate surface area is 117 Å². The van der Waals surface area contributed by atoms with E-state index < -0.39 is 10.0 Å². The molecule has 1 heterocycles. The monoisotopic (exact) mass is 293 g/mol. The Kier molecular flexibility index (Phi) is 4.04. The largest absolute Gasteiger partial charge is 0.388 e. The maximum atomic E-state index is 12.6. The standard InChI is InChI=1S/C12H15N5O2S/c13-12(14)6-7-17(10-4-2-1-3-5-10)20(18,19)11-8-15-16-9-11/h1-5,8-9H,6-7H2,(H3,13,14)(H,15,16).